The number of methoxy groups -OCH3 is 2. The zero-order valence-corrected chi connectivity index (χ0v) is 12.3. The summed E-state index contributed by atoms with van der Waals surface area (Å²) in [6.07, 6.45) is 1.11. The van der Waals surface area contributed by atoms with E-state index in [0.717, 1.165) is 6.08 Å². The SMILES string of the molecule is C=CC(=O)OC.COCCOCCOCCOCCO. The maximum absolute atomic E-state index is 9.84. The fourth-order valence-electron chi connectivity index (χ4n) is 0.832. The van der Waals surface area contributed by atoms with Crippen molar-refractivity contribution in [3.8, 4) is 0 Å². The molecule has 7 heteroatoms. The van der Waals surface area contributed by atoms with E-state index >= 15 is 0 Å². The Labute approximate surface area is 120 Å². The van der Waals surface area contributed by atoms with E-state index in [1.54, 1.807) is 7.11 Å². The molecule has 0 aliphatic rings. The summed E-state index contributed by atoms with van der Waals surface area (Å²) in [6, 6.07) is 0. The zero-order chi connectivity index (χ0) is 15.5. The summed E-state index contributed by atoms with van der Waals surface area (Å²) < 4.78 is 24.3. The van der Waals surface area contributed by atoms with Crippen LogP contribution in [0.2, 0.25) is 0 Å². The third kappa shape index (κ3) is 22.2. The third-order valence-corrected chi connectivity index (χ3v) is 1.78. The number of carbonyl (C=O) groups excluding carboxylic acids is 1. The quantitative estimate of drug-likeness (QED) is 0.308. The molecule has 0 bridgehead atoms. The Morgan fingerprint density at radius 2 is 1.40 bits per heavy atom. The number of hydrogen-bond donors (Lipinski definition) is 1. The van der Waals surface area contributed by atoms with E-state index in [1.807, 2.05) is 0 Å². The summed E-state index contributed by atoms with van der Waals surface area (Å²) in [5.74, 6) is -0.394. The van der Waals surface area contributed by atoms with Crippen molar-refractivity contribution < 1.29 is 33.6 Å². The molecule has 0 aliphatic carbocycles. The molecule has 0 radical (unpaired) electrons. The molecule has 120 valence electrons. The highest BCUT2D eigenvalue weighted by atomic mass is 16.6. The molecular weight excluding hydrogens is 268 g/mol. The van der Waals surface area contributed by atoms with E-state index in [4.69, 9.17) is 24.1 Å². The number of aliphatic hydroxyl groups is 1. The van der Waals surface area contributed by atoms with E-state index in [0.29, 0.717) is 46.2 Å². The van der Waals surface area contributed by atoms with Crippen LogP contribution in [0.4, 0.5) is 0 Å². The predicted octanol–water partition coefficient (Wildman–Crippen LogP) is 0.0203. The number of ether oxygens (including phenoxy) is 5. The first-order chi connectivity index (χ1) is 9.72. The summed E-state index contributed by atoms with van der Waals surface area (Å²) in [4.78, 5) is 9.84. The van der Waals surface area contributed by atoms with Gasteiger partial charge in [-0.05, 0) is 0 Å². The Morgan fingerprint density at radius 1 is 0.950 bits per heavy atom. The molecule has 1 N–H and O–H groups in total. The highest BCUT2D eigenvalue weighted by Crippen LogP contribution is 1.81. The summed E-state index contributed by atoms with van der Waals surface area (Å²) in [5, 5.41) is 8.39. The van der Waals surface area contributed by atoms with E-state index in [2.05, 4.69) is 11.3 Å². The molecule has 7 nitrogen and oxygen atoms in total. The highest BCUT2D eigenvalue weighted by Gasteiger charge is 1.90. The Morgan fingerprint density at radius 3 is 1.70 bits per heavy atom. The van der Waals surface area contributed by atoms with Crippen molar-refractivity contribution in [2.45, 2.75) is 0 Å². The fourth-order valence-corrected chi connectivity index (χ4v) is 0.832. The molecule has 0 heterocycles. The van der Waals surface area contributed by atoms with Gasteiger partial charge in [0.2, 0.25) is 0 Å². The fraction of sp³-hybridized carbons (Fsp3) is 0.769. The van der Waals surface area contributed by atoms with Gasteiger partial charge in [0.1, 0.15) is 0 Å². The van der Waals surface area contributed by atoms with Gasteiger partial charge in [-0.25, -0.2) is 4.79 Å². The Balaban J connectivity index is 0. The van der Waals surface area contributed by atoms with Crippen LogP contribution in [0.5, 0.6) is 0 Å². The van der Waals surface area contributed by atoms with E-state index in [9.17, 15) is 4.79 Å². The highest BCUT2D eigenvalue weighted by molar-refractivity contribution is 5.80. The molecule has 0 fully saturated rings. The maximum atomic E-state index is 9.84. The van der Waals surface area contributed by atoms with Crippen molar-refractivity contribution in [3.63, 3.8) is 0 Å². The molecule has 0 spiro atoms. The smallest absolute Gasteiger partial charge is 0.329 e. The van der Waals surface area contributed by atoms with Gasteiger partial charge in [-0.2, -0.15) is 0 Å². The second-order valence-corrected chi connectivity index (χ2v) is 3.28. The van der Waals surface area contributed by atoms with Crippen molar-refractivity contribution in [1.82, 2.24) is 0 Å². The van der Waals surface area contributed by atoms with Gasteiger partial charge in [0, 0.05) is 13.2 Å². The lowest BCUT2D eigenvalue weighted by Gasteiger charge is -2.05. The normalized spacial score (nSPS) is 9.55. The van der Waals surface area contributed by atoms with Crippen LogP contribution in [0.25, 0.3) is 0 Å². The third-order valence-electron chi connectivity index (χ3n) is 1.78. The van der Waals surface area contributed by atoms with Crippen LogP contribution < -0.4 is 0 Å². The Kier molecular flexibility index (Phi) is 21.7. The van der Waals surface area contributed by atoms with Crippen LogP contribution in [0, 0.1) is 0 Å². The molecule has 0 aromatic rings. The monoisotopic (exact) mass is 294 g/mol. The van der Waals surface area contributed by atoms with Crippen molar-refractivity contribution in [2.24, 2.45) is 0 Å². The van der Waals surface area contributed by atoms with Gasteiger partial charge in [0.05, 0.1) is 60.0 Å². The Hall–Kier alpha value is -0.990. The average molecular weight is 294 g/mol. The molecule has 0 amide bonds. The standard InChI is InChI=1S/C9H20O5.C4H6O2/c1-11-4-5-13-8-9-14-7-6-12-3-2-10;1-3-4(5)6-2/h10H,2-9H2,1H3;3H,1H2,2H3. The zero-order valence-electron chi connectivity index (χ0n) is 12.3. The average Bonchev–Trinajstić information content (AvgIpc) is 2.49. The molecule has 0 saturated heterocycles. The van der Waals surface area contributed by atoms with Crippen LogP contribution in [-0.4, -0.2) is 78.2 Å². The number of aliphatic hydroxyl groups excluding tert-OH is 1. The molecular formula is C13H26O7. The summed E-state index contributed by atoms with van der Waals surface area (Å²) in [7, 11) is 2.95. The summed E-state index contributed by atoms with van der Waals surface area (Å²) in [6.45, 7) is 6.97. The Bertz CT molecular complexity index is 197. The molecule has 0 aromatic heterocycles. The molecule has 0 saturated carbocycles. The summed E-state index contributed by atoms with van der Waals surface area (Å²) >= 11 is 0. The minimum absolute atomic E-state index is 0.0557. The van der Waals surface area contributed by atoms with Crippen LogP contribution in [0.3, 0.4) is 0 Å². The lowest BCUT2D eigenvalue weighted by atomic mass is 10.7. The molecule has 0 unspecified atom stereocenters. The van der Waals surface area contributed by atoms with E-state index in [1.165, 1.54) is 7.11 Å². The first kappa shape index (κ1) is 21.3. The minimum atomic E-state index is -0.394. The minimum Gasteiger partial charge on any atom is -0.466 e. The number of rotatable bonds is 12. The van der Waals surface area contributed by atoms with Gasteiger partial charge in [0.15, 0.2) is 0 Å². The second kappa shape index (κ2) is 20.3. The molecule has 0 aliphatic heterocycles. The van der Waals surface area contributed by atoms with Gasteiger partial charge < -0.3 is 28.8 Å². The van der Waals surface area contributed by atoms with E-state index in [-0.39, 0.29) is 6.61 Å². The molecule has 20 heavy (non-hydrogen) atoms. The summed E-state index contributed by atoms with van der Waals surface area (Å²) in [5.41, 5.74) is 0. The molecule has 0 rings (SSSR count). The predicted molar refractivity (Wildman–Crippen MR) is 73.6 cm³/mol. The van der Waals surface area contributed by atoms with Crippen LogP contribution in [0.15, 0.2) is 12.7 Å². The van der Waals surface area contributed by atoms with Crippen molar-refractivity contribution in [1.29, 1.82) is 0 Å². The van der Waals surface area contributed by atoms with Crippen molar-refractivity contribution >= 4 is 5.97 Å². The van der Waals surface area contributed by atoms with Gasteiger partial charge in [-0.15, -0.1) is 0 Å². The van der Waals surface area contributed by atoms with Crippen LogP contribution in [0.1, 0.15) is 0 Å². The van der Waals surface area contributed by atoms with Crippen LogP contribution >= 0.6 is 0 Å². The van der Waals surface area contributed by atoms with E-state index < -0.39 is 5.97 Å². The van der Waals surface area contributed by atoms with Gasteiger partial charge in [-0.3, -0.25) is 0 Å². The first-order valence-corrected chi connectivity index (χ1v) is 6.26. The van der Waals surface area contributed by atoms with Crippen molar-refractivity contribution in [3.05, 3.63) is 12.7 Å². The van der Waals surface area contributed by atoms with Crippen LogP contribution in [-0.2, 0) is 28.5 Å². The number of esters is 1. The number of carbonyl (C=O) groups is 1. The maximum Gasteiger partial charge on any atom is 0.329 e. The molecule has 0 aromatic carbocycles. The lowest BCUT2D eigenvalue weighted by molar-refractivity contribution is -0.134. The number of hydrogen-bond acceptors (Lipinski definition) is 7. The van der Waals surface area contributed by atoms with Gasteiger partial charge in [-0.1, -0.05) is 6.58 Å². The topological polar surface area (TPSA) is 83.5 Å². The molecule has 0 atom stereocenters. The van der Waals surface area contributed by atoms with Gasteiger partial charge in [0.25, 0.3) is 0 Å². The largest absolute Gasteiger partial charge is 0.466 e. The second-order valence-electron chi connectivity index (χ2n) is 3.28. The lowest BCUT2D eigenvalue weighted by Crippen LogP contribution is -2.12. The van der Waals surface area contributed by atoms with Gasteiger partial charge >= 0.3 is 5.97 Å². The first-order valence-electron chi connectivity index (χ1n) is 6.26. The van der Waals surface area contributed by atoms with Crippen molar-refractivity contribution in [2.75, 3.05) is 67.1 Å².